The fourth-order valence-electron chi connectivity index (χ4n) is 1.46. The molecule has 0 aliphatic carbocycles. The third-order valence-electron chi connectivity index (χ3n) is 2.23. The van der Waals surface area contributed by atoms with Crippen LogP contribution in [0.4, 0.5) is 0 Å². The summed E-state index contributed by atoms with van der Waals surface area (Å²) in [4.78, 5) is 0. The highest BCUT2D eigenvalue weighted by atomic mass is 32.2. The topological polar surface area (TPSA) is 61.4 Å². The molecule has 0 spiro atoms. The minimum absolute atomic E-state index is 0.299. The van der Waals surface area contributed by atoms with Gasteiger partial charge in [-0.05, 0) is 13.5 Å². The Balaban J connectivity index is 2.55. The summed E-state index contributed by atoms with van der Waals surface area (Å²) in [5.74, 6) is 0. The van der Waals surface area contributed by atoms with Gasteiger partial charge < -0.3 is 5.32 Å². The molecule has 13 heavy (non-hydrogen) atoms. The predicted octanol–water partition coefficient (Wildman–Crippen LogP) is -0.866. The molecule has 0 aromatic carbocycles. The van der Waals surface area contributed by atoms with Crippen molar-refractivity contribution < 1.29 is 8.42 Å². The van der Waals surface area contributed by atoms with E-state index in [2.05, 4.69) is 10.0 Å². The van der Waals surface area contributed by atoms with E-state index in [-0.39, 0.29) is 0 Å². The lowest BCUT2D eigenvalue weighted by Crippen LogP contribution is -2.40. The third kappa shape index (κ3) is 2.63. The molecule has 0 amide bonds. The van der Waals surface area contributed by atoms with Crippen LogP contribution in [0.15, 0.2) is 0 Å². The molecule has 1 rings (SSSR count). The summed E-state index contributed by atoms with van der Waals surface area (Å²) in [6, 6.07) is 0.299. The van der Waals surface area contributed by atoms with Crippen LogP contribution in [0.1, 0.15) is 13.3 Å². The number of hydrogen-bond donors (Lipinski definition) is 2. The van der Waals surface area contributed by atoms with Crippen molar-refractivity contribution in [3.63, 3.8) is 0 Å². The zero-order valence-corrected chi connectivity index (χ0v) is 8.89. The first kappa shape index (κ1) is 10.9. The largest absolute Gasteiger partial charge is 0.316 e. The molecular weight excluding hydrogens is 190 g/mol. The van der Waals surface area contributed by atoms with Gasteiger partial charge in [-0.25, -0.2) is 4.72 Å². The van der Waals surface area contributed by atoms with E-state index >= 15 is 0 Å². The van der Waals surface area contributed by atoms with Crippen LogP contribution in [0.2, 0.25) is 0 Å². The molecule has 5 nitrogen and oxygen atoms in total. The summed E-state index contributed by atoms with van der Waals surface area (Å²) in [7, 11) is -1.35. The summed E-state index contributed by atoms with van der Waals surface area (Å²) in [6.45, 7) is 3.42. The Morgan fingerprint density at radius 3 is 2.69 bits per heavy atom. The Kier molecular flexibility index (Phi) is 3.66. The van der Waals surface area contributed by atoms with Gasteiger partial charge in [0.15, 0.2) is 0 Å². The maximum atomic E-state index is 11.5. The van der Waals surface area contributed by atoms with Crippen LogP contribution in [0.5, 0.6) is 0 Å². The predicted molar refractivity (Wildman–Crippen MR) is 51.6 cm³/mol. The normalized spacial score (nSPS) is 25.2. The maximum absolute atomic E-state index is 11.5. The minimum Gasteiger partial charge on any atom is -0.316 e. The molecule has 1 saturated heterocycles. The van der Waals surface area contributed by atoms with Crippen molar-refractivity contribution in [2.45, 2.75) is 19.4 Å². The van der Waals surface area contributed by atoms with E-state index in [1.807, 2.05) is 7.05 Å². The second-order valence-electron chi connectivity index (χ2n) is 3.14. The average molecular weight is 207 g/mol. The van der Waals surface area contributed by atoms with Crippen molar-refractivity contribution in [3.8, 4) is 0 Å². The van der Waals surface area contributed by atoms with Crippen molar-refractivity contribution in [3.05, 3.63) is 0 Å². The summed E-state index contributed by atoms with van der Waals surface area (Å²) in [6.07, 6.45) is 0.890. The van der Waals surface area contributed by atoms with Gasteiger partial charge in [0.25, 0.3) is 10.2 Å². The number of hydrogen-bond acceptors (Lipinski definition) is 3. The van der Waals surface area contributed by atoms with Crippen LogP contribution in [0.25, 0.3) is 0 Å². The number of nitrogens with one attached hydrogen (secondary N) is 2. The molecule has 0 saturated carbocycles. The van der Waals surface area contributed by atoms with Gasteiger partial charge in [0.05, 0.1) is 0 Å². The van der Waals surface area contributed by atoms with E-state index in [9.17, 15) is 8.42 Å². The van der Waals surface area contributed by atoms with Crippen LogP contribution < -0.4 is 10.0 Å². The van der Waals surface area contributed by atoms with Crippen LogP contribution in [0, 0.1) is 0 Å². The van der Waals surface area contributed by atoms with E-state index in [0.717, 1.165) is 6.42 Å². The highest BCUT2D eigenvalue weighted by molar-refractivity contribution is 7.87. The first-order valence-corrected chi connectivity index (χ1v) is 5.96. The van der Waals surface area contributed by atoms with Crippen molar-refractivity contribution in [2.75, 3.05) is 26.7 Å². The zero-order chi connectivity index (χ0) is 9.90. The van der Waals surface area contributed by atoms with E-state index in [4.69, 9.17) is 0 Å². The second kappa shape index (κ2) is 4.36. The molecule has 78 valence electrons. The maximum Gasteiger partial charge on any atom is 0.279 e. The van der Waals surface area contributed by atoms with Crippen LogP contribution in [-0.2, 0) is 10.2 Å². The summed E-state index contributed by atoms with van der Waals surface area (Å²) < 4.78 is 26.9. The Morgan fingerprint density at radius 2 is 2.23 bits per heavy atom. The summed E-state index contributed by atoms with van der Waals surface area (Å²) >= 11 is 0. The SMILES string of the molecule is CCNS(=O)(=O)N1CCC(NC)C1. The molecule has 1 unspecified atom stereocenters. The monoisotopic (exact) mass is 207 g/mol. The Labute approximate surface area is 79.7 Å². The Bertz CT molecular complexity index is 252. The van der Waals surface area contributed by atoms with Gasteiger partial charge in [-0.15, -0.1) is 0 Å². The van der Waals surface area contributed by atoms with Gasteiger partial charge in [-0.3, -0.25) is 0 Å². The summed E-state index contributed by atoms with van der Waals surface area (Å²) in [5.41, 5.74) is 0. The van der Waals surface area contributed by atoms with Gasteiger partial charge in [0, 0.05) is 25.7 Å². The molecule has 2 N–H and O–H groups in total. The number of rotatable bonds is 4. The van der Waals surface area contributed by atoms with Crippen LogP contribution in [-0.4, -0.2) is 45.4 Å². The highest BCUT2D eigenvalue weighted by Gasteiger charge is 2.29. The molecule has 1 aliphatic heterocycles. The first-order chi connectivity index (χ1) is 6.10. The smallest absolute Gasteiger partial charge is 0.279 e. The third-order valence-corrected chi connectivity index (χ3v) is 3.89. The minimum atomic E-state index is -3.21. The molecule has 0 radical (unpaired) electrons. The van der Waals surface area contributed by atoms with Crippen molar-refractivity contribution in [1.29, 1.82) is 0 Å². The van der Waals surface area contributed by atoms with E-state index in [0.29, 0.717) is 25.7 Å². The van der Waals surface area contributed by atoms with Crippen LogP contribution in [0.3, 0.4) is 0 Å². The number of likely N-dealkylation sites (N-methyl/N-ethyl adjacent to an activating group) is 1. The van der Waals surface area contributed by atoms with Crippen molar-refractivity contribution >= 4 is 10.2 Å². The Morgan fingerprint density at radius 1 is 1.54 bits per heavy atom. The standard InChI is InChI=1S/C7H17N3O2S/c1-3-9-13(11,12)10-5-4-7(6-10)8-2/h7-9H,3-6H2,1-2H3. The van der Waals surface area contributed by atoms with Gasteiger partial charge in [-0.1, -0.05) is 6.92 Å². The van der Waals surface area contributed by atoms with Crippen molar-refractivity contribution in [2.24, 2.45) is 0 Å². The lowest BCUT2D eigenvalue weighted by molar-refractivity contribution is 0.455. The Hall–Kier alpha value is -0.170. The molecular formula is C7H17N3O2S. The molecule has 6 heteroatoms. The first-order valence-electron chi connectivity index (χ1n) is 4.52. The molecule has 1 aliphatic rings. The molecule has 1 fully saturated rings. The second-order valence-corrected chi connectivity index (χ2v) is 4.89. The summed E-state index contributed by atoms with van der Waals surface area (Å²) in [5, 5.41) is 3.07. The van der Waals surface area contributed by atoms with Gasteiger partial charge in [0.1, 0.15) is 0 Å². The zero-order valence-electron chi connectivity index (χ0n) is 8.08. The van der Waals surface area contributed by atoms with E-state index in [1.54, 1.807) is 6.92 Å². The van der Waals surface area contributed by atoms with Gasteiger partial charge in [-0.2, -0.15) is 12.7 Å². The lowest BCUT2D eigenvalue weighted by Gasteiger charge is -2.15. The van der Waals surface area contributed by atoms with E-state index in [1.165, 1.54) is 4.31 Å². The fraction of sp³-hybridized carbons (Fsp3) is 1.00. The van der Waals surface area contributed by atoms with Gasteiger partial charge >= 0.3 is 0 Å². The quantitative estimate of drug-likeness (QED) is 0.630. The van der Waals surface area contributed by atoms with E-state index < -0.39 is 10.2 Å². The molecule has 0 aromatic heterocycles. The molecule has 0 bridgehead atoms. The van der Waals surface area contributed by atoms with Crippen LogP contribution >= 0.6 is 0 Å². The number of nitrogens with zero attached hydrogens (tertiary/aromatic N) is 1. The lowest BCUT2D eigenvalue weighted by atomic mass is 10.3. The average Bonchev–Trinajstić information content (AvgIpc) is 2.52. The van der Waals surface area contributed by atoms with Gasteiger partial charge in [0.2, 0.25) is 0 Å². The fourth-order valence-corrected chi connectivity index (χ4v) is 2.73. The van der Waals surface area contributed by atoms with Crippen molar-refractivity contribution in [1.82, 2.24) is 14.3 Å². The highest BCUT2D eigenvalue weighted by Crippen LogP contribution is 2.11. The molecule has 0 aromatic rings. The molecule has 1 atom stereocenters. The molecule has 1 heterocycles.